The third kappa shape index (κ3) is 4.71. The van der Waals surface area contributed by atoms with Gasteiger partial charge in [-0.2, -0.15) is 0 Å². The zero-order valence-electron chi connectivity index (χ0n) is 10.7. The van der Waals surface area contributed by atoms with Crippen LogP contribution in [0.2, 0.25) is 0 Å². The minimum Gasteiger partial charge on any atom is -0.478 e. The molecule has 1 amide bonds. The predicted octanol–water partition coefficient (Wildman–Crippen LogP) is 0.394. The molecule has 0 fully saturated rings. The van der Waals surface area contributed by atoms with Gasteiger partial charge in [0.15, 0.2) is 0 Å². The van der Waals surface area contributed by atoms with E-state index >= 15 is 0 Å². The van der Waals surface area contributed by atoms with Gasteiger partial charge in [-0.1, -0.05) is 0 Å². The van der Waals surface area contributed by atoms with Crippen molar-refractivity contribution >= 4 is 22.7 Å². The van der Waals surface area contributed by atoms with Crippen molar-refractivity contribution in [2.75, 3.05) is 26.0 Å². The van der Waals surface area contributed by atoms with Crippen LogP contribution < -0.4 is 5.32 Å². The van der Waals surface area contributed by atoms with Crippen LogP contribution in [0.3, 0.4) is 0 Å². The summed E-state index contributed by atoms with van der Waals surface area (Å²) < 4.78 is 29.8. The molecule has 1 aromatic rings. The maximum absolute atomic E-state index is 13.2. The summed E-state index contributed by atoms with van der Waals surface area (Å²) in [5, 5.41) is 11.3. The van der Waals surface area contributed by atoms with E-state index in [1.807, 2.05) is 0 Å². The quantitative estimate of drug-likeness (QED) is 0.711. The topological polar surface area (TPSA) is 92.7 Å². The third-order valence-corrected chi connectivity index (χ3v) is 3.63. The summed E-state index contributed by atoms with van der Waals surface area (Å²) in [5.74, 6) is -3.15. The smallest absolute Gasteiger partial charge is 0.338 e. The van der Waals surface area contributed by atoms with Gasteiger partial charge < -0.3 is 15.2 Å². The molecule has 0 radical (unpaired) electrons. The molecule has 0 aliphatic heterocycles. The molecule has 6 nitrogen and oxygen atoms in total. The van der Waals surface area contributed by atoms with Gasteiger partial charge in [0.2, 0.25) is 5.91 Å². The SMILES string of the molecule is COCCNC(=O)CS(=O)c1ccc(F)c(C(=O)O)c1. The number of carbonyl (C=O) groups excluding carboxylic acids is 1. The Balaban J connectivity index is 2.70. The van der Waals surface area contributed by atoms with E-state index in [-0.39, 0.29) is 17.2 Å². The minimum atomic E-state index is -1.74. The molecule has 20 heavy (non-hydrogen) atoms. The Kier molecular flexibility index (Phi) is 6.26. The highest BCUT2D eigenvalue weighted by Gasteiger charge is 2.15. The minimum absolute atomic E-state index is 0.0886. The van der Waals surface area contributed by atoms with Crippen LogP contribution in [0.25, 0.3) is 0 Å². The van der Waals surface area contributed by atoms with Gasteiger partial charge in [0.1, 0.15) is 11.6 Å². The Hall–Kier alpha value is -1.80. The van der Waals surface area contributed by atoms with Crippen LogP contribution in [0.5, 0.6) is 0 Å². The molecule has 1 unspecified atom stereocenters. The van der Waals surface area contributed by atoms with E-state index in [4.69, 9.17) is 9.84 Å². The molecule has 0 heterocycles. The molecule has 0 saturated heterocycles. The van der Waals surface area contributed by atoms with Crippen molar-refractivity contribution in [3.63, 3.8) is 0 Å². The molecule has 0 saturated carbocycles. The summed E-state index contributed by atoms with van der Waals surface area (Å²) in [7, 11) is -0.254. The van der Waals surface area contributed by atoms with Gasteiger partial charge in [-0.15, -0.1) is 0 Å². The molecule has 1 atom stereocenters. The number of amides is 1. The van der Waals surface area contributed by atoms with Crippen molar-refractivity contribution < 1.29 is 28.0 Å². The van der Waals surface area contributed by atoms with Gasteiger partial charge >= 0.3 is 5.97 Å². The lowest BCUT2D eigenvalue weighted by molar-refractivity contribution is -0.118. The van der Waals surface area contributed by atoms with E-state index in [9.17, 15) is 18.2 Å². The average molecular weight is 303 g/mol. The lowest BCUT2D eigenvalue weighted by Gasteiger charge is -2.06. The van der Waals surface area contributed by atoms with E-state index in [1.54, 1.807) is 0 Å². The molecule has 8 heteroatoms. The Bertz CT molecular complexity index is 535. The molecule has 2 N–H and O–H groups in total. The molecule has 0 bridgehead atoms. The van der Waals surface area contributed by atoms with Gasteiger partial charge in [0, 0.05) is 18.6 Å². The summed E-state index contributed by atoms with van der Waals surface area (Å²) in [4.78, 5) is 22.3. The third-order valence-electron chi connectivity index (χ3n) is 2.32. The zero-order valence-corrected chi connectivity index (χ0v) is 11.5. The number of carboxylic acid groups (broad SMARTS) is 1. The van der Waals surface area contributed by atoms with Crippen molar-refractivity contribution in [2.45, 2.75) is 4.90 Å². The van der Waals surface area contributed by atoms with Crippen molar-refractivity contribution in [1.29, 1.82) is 0 Å². The largest absolute Gasteiger partial charge is 0.478 e. The fraction of sp³-hybridized carbons (Fsp3) is 0.333. The van der Waals surface area contributed by atoms with Crippen molar-refractivity contribution in [1.82, 2.24) is 5.32 Å². The van der Waals surface area contributed by atoms with Gasteiger partial charge in [0.25, 0.3) is 0 Å². The first-order valence-electron chi connectivity index (χ1n) is 5.62. The van der Waals surface area contributed by atoms with Gasteiger partial charge in [0.05, 0.1) is 23.0 Å². The van der Waals surface area contributed by atoms with Crippen LogP contribution >= 0.6 is 0 Å². The second-order valence-corrected chi connectivity index (χ2v) is 5.23. The maximum Gasteiger partial charge on any atom is 0.338 e. The van der Waals surface area contributed by atoms with E-state index in [0.29, 0.717) is 6.61 Å². The first kappa shape index (κ1) is 16.3. The summed E-state index contributed by atoms with van der Waals surface area (Å²) in [6, 6.07) is 3.08. The van der Waals surface area contributed by atoms with Crippen LogP contribution in [-0.4, -0.2) is 47.2 Å². The number of carboxylic acids is 1. The Labute approximate surface area is 117 Å². The fourth-order valence-corrected chi connectivity index (χ4v) is 2.33. The summed E-state index contributed by atoms with van der Waals surface area (Å²) in [6.07, 6.45) is 0. The van der Waals surface area contributed by atoms with Gasteiger partial charge in [-0.05, 0) is 18.2 Å². The highest BCUT2D eigenvalue weighted by atomic mass is 32.2. The average Bonchev–Trinajstić information content (AvgIpc) is 2.39. The Morgan fingerprint density at radius 1 is 1.45 bits per heavy atom. The summed E-state index contributed by atoms with van der Waals surface area (Å²) in [6.45, 7) is 0.619. The van der Waals surface area contributed by atoms with Gasteiger partial charge in [-0.25, -0.2) is 9.18 Å². The highest BCUT2D eigenvalue weighted by molar-refractivity contribution is 7.85. The first-order chi connectivity index (χ1) is 9.45. The van der Waals surface area contributed by atoms with E-state index in [1.165, 1.54) is 13.2 Å². The number of aromatic carboxylic acids is 1. The molecule has 0 aromatic heterocycles. The monoisotopic (exact) mass is 303 g/mol. The lowest BCUT2D eigenvalue weighted by atomic mass is 10.2. The maximum atomic E-state index is 13.2. The lowest BCUT2D eigenvalue weighted by Crippen LogP contribution is -2.31. The summed E-state index contributed by atoms with van der Waals surface area (Å²) >= 11 is 0. The zero-order chi connectivity index (χ0) is 15.1. The second kappa shape index (κ2) is 7.71. The van der Waals surface area contributed by atoms with Crippen molar-refractivity contribution in [2.24, 2.45) is 0 Å². The van der Waals surface area contributed by atoms with Gasteiger partial charge in [-0.3, -0.25) is 9.00 Å². The molecule has 0 aliphatic rings. The first-order valence-corrected chi connectivity index (χ1v) is 6.94. The molecule has 1 aromatic carbocycles. The number of carbonyl (C=O) groups is 2. The van der Waals surface area contributed by atoms with E-state index in [0.717, 1.165) is 12.1 Å². The van der Waals surface area contributed by atoms with Crippen LogP contribution in [0.15, 0.2) is 23.1 Å². The predicted molar refractivity (Wildman–Crippen MR) is 69.5 cm³/mol. The number of nitrogens with one attached hydrogen (secondary N) is 1. The molecule has 0 aliphatic carbocycles. The number of rotatable bonds is 7. The number of halogens is 1. The standard InChI is InChI=1S/C12H14FNO5S/c1-19-5-4-14-11(15)7-20(18)8-2-3-10(13)9(6-8)12(16)17/h2-3,6H,4-5,7H2,1H3,(H,14,15)(H,16,17). The molecule has 0 spiro atoms. The van der Waals surface area contributed by atoms with E-state index in [2.05, 4.69) is 5.32 Å². The van der Waals surface area contributed by atoms with Crippen molar-refractivity contribution in [3.05, 3.63) is 29.6 Å². The van der Waals surface area contributed by atoms with Crippen LogP contribution in [-0.2, 0) is 20.3 Å². The Morgan fingerprint density at radius 3 is 2.75 bits per heavy atom. The van der Waals surface area contributed by atoms with E-state index < -0.39 is 34.1 Å². The molecular weight excluding hydrogens is 289 g/mol. The normalized spacial score (nSPS) is 11.9. The number of benzene rings is 1. The number of ether oxygens (including phenoxy) is 1. The van der Waals surface area contributed by atoms with Crippen molar-refractivity contribution in [3.8, 4) is 0 Å². The number of hydrogen-bond acceptors (Lipinski definition) is 4. The molecular formula is C12H14FNO5S. The van der Waals surface area contributed by atoms with Crippen LogP contribution in [0.1, 0.15) is 10.4 Å². The number of hydrogen-bond donors (Lipinski definition) is 2. The second-order valence-electron chi connectivity index (χ2n) is 3.78. The molecule has 1 rings (SSSR count). The molecule has 110 valence electrons. The van der Waals surface area contributed by atoms with Crippen LogP contribution in [0.4, 0.5) is 4.39 Å². The highest BCUT2D eigenvalue weighted by Crippen LogP contribution is 2.14. The Morgan fingerprint density at radius 2 is 2.15 bits per heavy atom. The number of methoxy groups -OCH3 is 1. The summed E-state index contributed by atoms with van der Waals surface area (Å²) in [5.41, 5.74) is -0.573. The van der Waals surface area contributed by atoms with Crippen LogP contribution in [0, 0.1) is 5.82 Å². The fourth-order valence-electron chi connectivity index (χ4n) is 1.36.